The quantitative estimate of drug-likeness (QED) is 0.721. The summed E-state index contributed by atoms with van der Waals surface area (Å²) < 4.78 is 6.83. The Hall–Kier alpha value is -0.0600. The molecule has 0 spiro atoms. The number of piperidine rings is 1. The van der Waals surface area contributed by atoms with Crippen molar-refractivity contribution < 1.29 is 4.74 Å². The van der Waals surface area contributed by atoms with Gasteiger partial charge in [0.15, 0.2) is 0 Å². The highest BCUT2D eigenvalue weighted by atomic mass is 79.9. The molecule has 0 bridgehead atoms. The van der Waals surface area contributed by atoms with Crippen molar-refractivity contribution in [3.63, 3.8) is 0 Å². The first-order valence-electron chi connectivity index (χ1n) is 6.44. The van der Waals surface area contributed by atoms with Crippen molar-refractivity contribution in [1.82, 2.24) is 4.90 Å². The molecule has 0 aliphatic carbocycles. The molecule has 1 fully saturated rings. The van der Waals surface area contributed by atoms with Crippen molar-refractivity contribution in [2.75, 3.05) is 31.6 Å². The topological polar surface area (TPSA) is 12.5 Å². The number of hydrogen-bond acceptors (Lipinski definition) is 2. The average molecular weight is 377 g/mol. The van der Waals surface area contributed by atoms with Gasteiger partial charge in [-0.2, -0.15) is 0 Å². The summed E-state index contributed by atoms with van der Waals surface area (Å²) in [7, 11) is 0. The van der Waals surface area contributed by atoms with Crippen molar-refractivity contribution in [3.05, 3.63) is 28.7 Å². The van der Waals surface area contributed by atoms with Gasteiger partial charge in [0, 0.05) is 16.3 Å². The van der Waals surface area contributed by atoms with E-state index in [1.807, 2.05) is 24.3 Å². The first-order valence-corrected chi connectivity index (χ1v) is 8.36. The van der Waals surface area contributed by atoms with Crippen LogP contribution in [0, 0.1) is 5.92 Å². The molecule has 1 aliphatic heterocycles. The van der Waals surface area contributed by atoms with E-state index in [1.54, 1.807) is 0 Å². The van der Waals surface area contributed by atoms with Gasteiger partial charge in [0.1, 0.15) is 12.4 Å². The van der Waals surface area contributed by atoms with E-state index in [1.165, 1.54) is 25.9 Å². The van der Waals surface area contributed by atoms with Gasteiger partial charge in [0.2, 0.25) is 0 Å². The lowest BCUT2D eigenvalue weighted by Gasteiger charge is -2.30. The third kappa shape index (κ3) is 4.56. The Morgan fingerprint density at radius 2 is 1.83 bits per heavy atom. The fraction of sp³-hybridized carbons (Fsp3) is 0.571. The SMILES string of the molecule is BrCC1CCN(CCOc2ccc(Br)cc2)CC1. The van der Waals surface area contributed by atoms with Crippen LogP contribution < -0.4 is 4.74 Å². The fourth-order valence-electron chi connectivity index (χ4n) is 2.19. The monoisotopic (exact) mass is 375 g/mol. The molecule has 1 saturated heterocycles. The Kier molecular flexibility index (Phi) is 5.99. The Labute approximate surface area is 126 Å². The Morgan fingerprint density at radius 3 is 2.44 bits per heavy atom. The van der Waals surface area contributed by atoms with Gasteiger partial charge in [-0.05, 0) is 56.1 Å². The van der Waals surface area contributed by atoms with Crippen LogP contribution in [0.1, 0.15) is 12.8 Å². The number of likely N-dealkylation sites (tertiary alicyclic amines) is 1. The molecule has 0 saturated carbocycles. The van der Waals surface area contributed by atoms with Crippen molar-refractivity contribution in [3.8, 4) is 5.75 Å². The van der Waals surface area contributed by atoms with Gasteiger partial charge < -0.3 is 4.74 Å². The Balaban J connectivity index is 1.65. The predicted molar refractivity (Wildman–Crippen MR) is 82.6 cm³/mol. The van der Waals surface area contributed by atoms with E-state index >= 15 is 0 Å². The molecule has 1 heterocycles. The van der Waals surface area contributed by atoms with Crippen molar-refractivity contribution >= 4 is 31.9 Å². The minimum atomic E-state index is 0.778. The molecule has 1 aromatic carbocycles. The first kappa shape index (κ1) is 14.4. The zero-order valence-corrected chi connectivity index (χ0v) is 13.6. The molecule has 18 heavy (non-hydrogen) atoms. The van der Waals surface area contributed by atoms with Crippen LogP contribution in [0.3, 0.4) is 0 Å². The molecule has 0 atom stereocenters. The summed E-state index contributed by atoms with van der Waals surface area (Å²) in [5.41, 5.74) is 0. The molecule has 0 radical (unpaired) electrons. The third-order valence-corrected chi connectivity index (χ3v) is 4.86. The number of nitrogens with zero attached hydrogens (tertiary/aromatic N) is 1. The number of hydrogen-bond donors (Lipinski definition) is 0. The highest BCUT2D eigenvalue weighted by Gasteiger charge is 2.17. The summed E-state index contributed by atoms with van der Waals surface area (Å²) in [5.74, 6) is 1.82. The predicted octanol–water partition coefficient (Wildman–Crippen LogP) is 3.93. The second-order valence-electron chi connectivity index (χ2n) is 4.74. The number of alkyl halides is 1. The molecule has 2 nitrogen and oxygen atoms in total. The highest BCUT2D eigenvalue weighted by molar-refractivity contribution is 9.10. The van der Waals surface area contributed by atoms with Gasteiger partial charge in [0.05, 0.1) is 0 Å². The summed E-state index contributed by atoms with van der Waals surface area (Å²) >= 11 is 6.99. The molecule has 0 N–H and O–H groups in total. The van der Waals surface area contributed by atoms with E-state index < -0.39 is 0 Å². The maximum atomic E-state index is 5.75. The summed E-state index contributed by atoms with van der Waals surface area (Å²) in [5, 5.41) is 1.15. The van der Waals surface area contributed by atoms with Gasteiger partial charge in [-0.15, -0.1) is 0 Å². The Morgan fingerprint density at radius 1 is 1.17 bits per heavy atom. The summed E-state index contributed by atoms with van der Waals surface area (Å²) in [6.45, 7) is 4.23. The van der Waals surface area contributed by atoms with Crippen LogP contribution >= 0.6 is 31.9 Å². The largest absolute Gasteiger partial charge is 0.492 e. The van der Waals surface area contributed by atoms with E-state index in [4.69, 9.17) is 4.74 Å². The van der Waals surface area contributed by atoms with Gasteiger partial charge in [-0.1, -0.05) is 31.9 Å². The average Bonchev–Trinajstić information content (AvgIpc) is 2.42. The number of rotatable bonds is 5. The molecule has 0 aromatic heterocycles. The van der Waals surface area contributed by atoms with Gasteiger partial charge in [-0.3, -0.25) is 4.90 Å². The van der Waals surface area contributed by atoms with Crippen molar-refractivity contribution in [2.24, 2.45) is 5.92 Å². The molecule has 2 rings (SSSR count). The summed E-state index contributed by atoms with van der Waals surface area (Å²) in [6.07, 6.45) is 2.62. The summed E-state index contributed by atoms with van der Waals surface area (Å²) in [4.78, 5) is 2.50. The molecule has 1 aromatic rings. The van der Waals surface area contributed by atoms with E-state index in [9.17, 15) is 0 Å². The smallest absolute Gasteiger partial charge is 0.119 e. The van der Waals surface area contributed by atoms with E-state index in [0.29, 0.717) is 0 Å². The first-order chi connectivity index (χ1) is 8.78. The zero-order valence-electron chi connectivity index (χ0n) is 10.4. The molecule has 0 amide bonds. The van der Waals surface area contributed by atoms with Crippen LogP contribution in [-0.2, 0) is 0 Å². The molecule has 1 aliphatic rings. The lowest BCUT2D eigenvalue weighted by Crippen LogP contribution is -2.36. The summed E-state index contributed by atoms with van der Waals surface area (Å²) in [6, 6.07) is 8.02. The minimum absolute atomic E-state index is 0.778. The molecule has 4 heteroatoms. The maximum absolute atomic E-state index is 5.75. The van der Waals surface area contributed by atoms with Crippen LogP contribution in [0.4, 0.5) is 0 Å². The lowest BCUT2D eigenvalue weighted by molar-refractivity contribution is 0.162. The number of benzene rings is 1. The zero-order chi connectivity index (χ0) is 12.8. The third-order valence-electron chi connectivity index (χ3n) is 3.42. The fourth-order valence-corrected chi connectivity index (χ4v) is 3.10. The van der Waals surface area contributed by atoms with E-state index in [2.05, 4.69) is 36.8 Å². The van der Waals surface area contributed by atoms with Crippen LogP contribution in [0.5, 0.6) is 5.75 Å². The molecular formula is C14H19Br2NO. The molecule has 100 valence electrons. The maximum Gasteiger partial charge on any atom is 0.119 e. The second kappa shape index (κ2) is 7.51. The van der Waals surface area contributed by atoms with Gasteiger partial charge in [0.25, 0.3) is 0 Å². The minimum Gasteiger partial charge on any atom is -0.492 e. The van der Waals surface area contributed by atoms with Crippen LogP contribution in [0.25, 0.3) is 0 Å². The van der Waals surface area contributed by atoms with Crippen LogP contribution in [-0.4, -0.2) is 36.5 Å². The van der Waals surface area contributed by atoms with E-state index in [0.717, 1.165) is 34.6 Å². The van der Waals surface area contributed by atoms with Crippen LogP contribution in [0.2, 0.25) is 0 Å². The molecular weight excluding hydrogens is 358 g/mol. The van der Waals surface area contributed by atoms with Gasteiger partial charge in [-0.25, -0.2) is 0 Å². The highest BCUT2D eigenvalue weighted by Crippen LogP contribution is 2.19. The number of ether oxygens (including phenoxy) is 1. The van der Waals surface area contributed by atoms with Crippen molar-refractivity contribution in [1.29, 1.82) is 0 Å². The second-order valence-corrected chi connectivity index (χ2v) is 6.30. The van der Waals surface area contributed by atoms with Crippen LogP contribution in [0.15, 0.2) is 28.7 Å². The van der Waals surface area contributed by atoms with Gasteiger partial charge >= 0.3 is 0 Å². The Bertz CT molecular complexity index is 347. The van der Waals surface area contributed by atoms with Crippen molar-refractivity contribution in [2.45, 2.75) is 12.8 Å². The lowest BCUT2D eigenvalue weighted by atomic mass is 9.99. The molecule has 0 unspecified atom stereocenters. The normalized spacial score (nSPS) is 17.9. The standard InChI is InChI=1S/C14H19Br2NO/c15-11-12-5-7-17(8-6-12)9-10-18-14-3-1-13(16)2-4-14/h1-4,12H,5-11H2. The van der Waals surface area contributed by atoms with E-state index in [-0.39, 0.29) is 0 Å². The number of halogens is 2.